The maximum atomic E-state index is 13.8. The molecule has 0 bridgehead atoms. The number of hydrogen-bond acceptors (Lipinski definition) is 3. The number of hydrogen-bond donors (Lipinski definition) is 1. The average Bonchev–Trinajstić information content (AvgIpc) is 2.47. The van der Waals surface area contributed by atoms with E-state index in [1.165, 1.54) is 23.9 Å². The van der Waals surface area contributed by atoms with E-state index in [4.69, 9.17) is 0 Å². The van der Waals surface area contributed by atoms with E-state index in [2.05, 4.69) is 4.72 Å². The van der Waals surface area contributed by atoms with Gasteiger partial charge >= 0.3 is 0 Å². The molecule has 0 radical (unpaired) electrons. The molecule has 122 valence electrons. The van der Waals surface area contributed by atoms with Crippen LogP contribution in [0.15, 0.2) is 46.2 Å². The molecule has 0 aromatic heterocycles. The summed E-state index contributed by atoms with van der Waals surface area (Å²) >= 11 is 1.32. The number of sulfonamides is 1. The summed E-state index contributed by atoms with van der Waals surface area (Å²) in [7, 11) is -4.12. The summed E-state index contributed by atoms with van der Waals surface area (Å²) in [4.78, 5) is -0.0944. The fraction of sp³-hybridized carbons (Fsp3) is 0.200. The normalized spacial score (nSPS) is 17.8. The molecule has 0 fully saturated rings. The highest BCUT2D eigenvalue weighted by Gasteiger charge is 2.28. The molecular weight excluding hydrogens is 347 g/mol. The van der Waals surface area contributed by atoms with Crippen molar-refractivity contribution in [2.75, 3.05) is 5.75 Å². The molecule has 23 heavy (non-hydrogen) atoms. The molecule has 8 heteroatoms. The van der Waals surface area contributed by atoms with Gasteiger partial charge in [-0.15, -0.1) is 11.8 Å². The van der Waals surface area contributed by atoms with Gasteiger partial charge in [0.25, 0.3) is 0 Å². The molecular formula is C15H12F3NO2S2. The first-order valence-corrected chi connectivity index (χ1v) is 9.23. The zero-order chi connectivity index (χ0) is 16.6. The monoisotopic (exact) mass is 359 g/mol. The lowest BCUT2D eigenvalue weighted by molar-refractivity contribution is 0.529. The van der Waals surface area contributed by atoms with Crippen LogP contribution in [-0.2, 0) is 10.0 Å². The molecule has 0 aliphatic carbocycles. The zero-order valence-electron chi connectivity index (χ0n) is 11.7. The summed E-state index contributed by atoms with van der Waals surface area (Å²) < 4.78 is 67.4. The Morgan fingerprint density at radius 2 is 1.78 bits per heavy atom. The first-order chi connectivity index (χ1) is 10.9. The molecule has 1 heterocycles. The second-order valence-electron chi connectivity index (χ2n) is 5.07. The molecule has 0 amide bonds. The Labute approximate surface area is 136 Å². The van der Waals surface area contributed by atoms with Crippen LogP contribution in [0.2, 0.25) is 0 Å². The van der Waals surface area contributed by atoms with E-state index in [1.807, 2.05) is 0 Å². The quantitative estimate of drug-likeness (QED) is 0.911. The SMILES string of the molecule is O=S(=O)(N[C@@H]1CCSc2c(F)cccc21)c1cc(F)cc(F)c1. The van der Waals surface area contributed by atoms with Crippen LogP contribution in [0.3, 0.4) is 0 Å². The maximum absolute atomic E-state index is 13.8. The number of benzene rings is 2. The minimum atomic E-state index is -4.12. The van der Waals surface area contributed by atoms with Gasteiger partial charge in [0.2, 0.25) is 10.0 Å². The zero-order valence-corrected chi connectivity index (χ0v) is 13.4. The lowest BCUT2D eigenvalue weighted by atomic mass is 10.0. The van der Waals surface area contributed by atoms with E-state index < -0.39 is 38.4 Å². The van der Waals surface area contributed by atoms with Crippen LogP contribution in [-0.4, -0.2) is 14.2 Å². The molecule has 3 rings (SSSR count). The Balaban J connectivity index is 1.95. The third-order valence-electron chi connectivity index (χ3n) is 3.47. The third-order valence-corrected chi connectivity index (χ3v) is 6.08. The van der Waals surface area contributed by atoms with Crippen molar-refractivity contribution in [2.24, 2.45) is 0 Å². The second-order valence-corrected chi connectivity index (χ2v) is 7.89. The summed E-state index contributed by atoms with van der Waals surface area (Å²) in [6.07, 6.45) is 0.456. The van der Waals surface area contributed by atoms with Gasteiger partial charge in [-0.1, -0.05) is 12.1 Å². The van der Waals surface area contributed by atoms with Crippen LogP contribution in [0.25, 0.3) is 0 Å². The van der Waals surface area contributed by atoms with Crippen LogP contribution in [0.4, 0.5) is 13.2 Å². The third kappa shape index (κ3) is 3.39. The standard InChI is InChI=1S/C15H12F3NO2S2/c16-9-6-10(17)8-11(7-9)23(20,21)19-14-4-5-22-15-12(14)2-1-3-13(15)18/h1-3,6-8,14,19H,4-5H2/t14-/m1/s1. The van der Waals surface area contributed by atoms with Crippen molar-refractivity contribution in [3.8, 4) is 0 Å². The van der Waals surface area contributed by atoms with Crippen LogP contribution in [0, 0.1) is 17.5 Å². The summed E-state index contributed by atoms with van der Waals surface area (Å²) in [6.45, 7) is 0. The molecule has 1 aliphatic heterocycles. The van der Waals surface area contributed by atoms with Gasteiger partial charge in [0.05, 0.1) is 4.90 Å². The Morgan fingerprint density at radius 3 is 2.48 bits per heavy atom. The van der Waals surface area contributed by atoms with Gasteiger partial charge in [0, 0.05) is 17.0 Å². The van der Waals surface area contributed by atoms with Crippen molar-refractivity contribution in [2.45, 2.75) is 22.3 Å². The highest BCUT2D eigenvalue weighted by molar-refractivity contribution is 7.99. The molecule has 1 atom stereocenters. The highest BCUT2D eigenvalue weighted by atomic mass is 32.2. The smallest absolute Gasteiger partial charge is 0.207 e. The number of rotatable bonds is 3. The first kappa shape index (κ1) is 16.4. The van der Waals surface area contributed by atoms with E-state index in [0.717, 1.165) is 12.1 Å². The van der Waals surface area contributed by atoms with Gasteiger partial charge < -0.3 is 0 Å². The van der Waals surface area contributed by atoms with Crippen LogP contribution in [0.5, 0.6) is 0 Å². The van der Waals surface area contributed by atoms with Gasteiger partial charge in [-0.3, -0.25) is 0 Å². The van der Waals surface area contributed by atoms with E-state index in [-0.39, 0.29) is 0 Å². The van der Waals surface area contributed by atoms with E-state index in [9.17, 15) is 21.6 Å². The van der Waals surface area contributed by atoms with Gasteiger partial charge in [-0.2, -0.15) is 0 Å². The molecule has 1 aliphatic rings. The largest absolute Gasteiger partial charge is 0.241 e. The molecule has 3 nitrogen and oxygen atoms in total. The Kier molecular flexibility index (Phi) is 4.39. The first-order valence-electron chi connectivity index (χ1n) is 6.76. The minimum Gasteiger partial charge on any atom is -0.207 e. The average molecular weight is 359 g/mol. The topological polar surface area (TPSA) is 46.2 Å². The fourth-order valence-electron chi connectivity index (χ4n) is 2.45. The van der Waals surface area contributed by atoms with Crippen molar-refractivity contribution in [3.05, 3.63) is 59.4 Å². The summed E-state index contributed by atoms with van der Waals surface area (Å²) in [5.74, 6) is -1.82. The van der Waals surface area contributed by atoms with Crippen molar-refractivity contribution < 1.29 is 21.6 Å². The number of nitrogens with one attached hydrogen (secondary N) is 1. The van der Waals surface area contributed by atoms with Gasteiger partial charge in [-0.05, 0) is 35.9 Å². The Bertz CT molecular complexity index is 836. The van der Waals surface area contributed by atoms with Gasteiger partial charge in [0.1, 0.15) is 17.5 Å². The van der Waals surface area contributed by atoms with E-state index >= 15 is 0 Å². The van der Waals surface area contributed by atoms with Crippen LogP contribution < -0.4 is 4.72 Å². The molecule has 1 N–H and O–H groups in total. The van der Waals surface area contributed by atoms with Crippen molar-refractivity contribution in [1.82, 2.24) is 4.72 Å². The predicted octanol–water partition coefficient (Wildman–Crippen LogP) is 3.62. The molecule has 0 unspecified atom stereocenters. The predicted molar refractivity (Wildman–Crippen MR) is 81.2 cm³/mol. The van der Waals surface area contributed by atoms with Crippen LogP contribution in [0.1, 0.15) is 18.0 Å². The van der Waals surface area contributed by atoms with E-state index in [0.29, 0.717) is 28.7 Å². The Hall–Kier alpha value is -1.51. The summed E-state index contributed by atoms with van der Waals surface area (Å²) in [6, 6.07) is 5.90. The molecule has 0 saturated carbocycles. The van der Waals surface area contributed by atoms with Gasteiger partial charge in [0.15, 0.2) is 0 Å². The molecule has 0 spiro atoms. The molecule has 0 saturated heterocycles. The fourth-order valence-corrected chi connectivity index (χ4v) is 4.88. The van der Waals surface area contributed by atoms with Crippen molar-refractivity contribution in [3.63, 3.8) is 0 Å². The highest BCUT2D eigenvalue weighted by Crippen LogP contribution is 2.38. The van der Waals surface area contributed by atoms with E-state index in [1.54, 1.807) is 6.07 Å². The minimum absolute atomic E-state index is 0.400. The van der Waals surface area contributed by atoms with Crippen molar-refractivity contribution >= 4 is 21.8 Å². The summed E-state index contributed by atoms with van der Waals surface area (Å²) in [5, 5.41) is 0. The van der Waals surface area contributed by atoms with Crippen LogP contribution >= 0.6 is 11.8 Å². The Morgan fingerprint density at radius 1 is 1.09 bits per heavy atom. The number of fused-ring (bicyclic) bond motifs is 1. The lowest BCUT2D eigenvalue weighted by Crippen LogP contribution is -2.31. The van der Waals surface area contributed by atoms with Gasteiger partial charge in [-0.25, -0.2) is 26.3 Å². The lowest BCUT2D eigenvalue weighted by Gasteiger charge is -2.26. The molecule has 2 aromatic rings. The number of thioether (sulfide) groups is 1. The number of halogens is 3. The van der Waals surface area contributed by atoms with Crippen molar-refractivity contribution in [1.29, 1.82) is 0 Å². The molecule has 2 aromatic carbocycles. The summed E-state index contributed by atoms with van der Waals surface area (Å²) in [5.41, 5.74) is 0.529. The second kappa shape index (κ2) is 6.18. The maximum Gasteiger partial charge on any atom is 0.241 e.